The maximum atomic E-state index is 6.06. The lowest BCUT2D eigenvalue weighted by atomic mass is 9.98. The van der Waals surface area contributed by atoms with E-state index in [2.05, 4.69) is 28.9 Å². The maximum Gasteiger partial charge on any atom is 0.0565 e. The lowest BCUT2D eigenvalue weighted by molar-refractivity contribution is 0.0293. The molecule has 3 rings (SSSR count). The zero-order valence-corrected chi connectivity index (χ0v) is 12.7. The molecular weight excluding hydrogens is 254 g/mol. The third-order valence-corrected chi connectivity index (χ3v) is 5.72. The summed E-state index contributed by atoms with van der Waals surface area (Å²) in [5.74, 6) is 0. The number of hydrogen-bond donors (Lipinski definition) is 1. The Bertz CT molecular complexity index is 417. The van der Waals surface area contributed by atoms with Crippen molar-refractivity contribution in [2.45, 2.75) is 38.3 Å². The lowest BCUT2D eigenvalue weighted by Crippen LogP contribution is -2.56. The number of rotatable bonds is 3. The van der Waals surface area contributed by atoms with E-state index in [9.17, 15) is 0 Å². The SMILES string of the molecule is Cc1ccc(C(CN)N2CCN3CCCCC3C2)s1. The summed E-state index contributed by atoms with van der Waals surface area (Å²) in [6.45, 7) is 7.84. The summed E-state index contributed by atoms with van der Waals surface area (Å²) in [5.41, 5.74) is 6.06. The van der Waals surface area contributed by atoms with Gasteiger partial charge in [0.25, 0.3) is 0 Å². The fraction of sp³-hybridized carbons (Fsp3) is 0.733. The summed E-state index contributed by atoms with van der Waals surface area (Å²) in [5, 5.41) is 0. The van der Waals surface area contributed by atoms with Gasteiger partial charge in [0.05, 0.1) is 6.04 Å². The number of nitrogens with two attached hydrogens (primary N) is 1. The summed E-state index contributed by atoms with van der Waals surface area (Å²) in [6.07, 6.45) is 4.17. The van der Waals surface area contributed by atoms with Crippen LogP contribution in [-0.4, -0.2) is 48.6 Å². The summed E-state index contributed by atoms with van der Waals surface area (Å²) in [6, 6.07) is 5.70. The smallest absolute Gasteiger partial charge is 0.0565 e. The fourth-order valence-electron chi connectivity index (χ4n) is 3.54. The molecule has 0 aromatic carbocycles. The molecule has 2 N–H and O–H groups in total. The molecule has 0 spiro atoms. The van der Waals surface area contributed by atoms with Gasteiger partial charge >= 0.3 is 0 Å². The molecule has 2 saturated heterocycles. The molecule has 1 aromatic rings. The Kier molecular flexibility index (Phi) is 4.22. The van der Waals surface area contributed by atoms with Crippen LogP contribution in [0.1, 0.15) is 35.1 Å². The van der Waals surface area contributed by atoms with Gasteiger partial charge in [-0.2, -0.15) is 0 Å². The molecular formula is C15H25N3S. The van der Waals surface area contributed by atoms with Gasteiger partial charge in [0, 0.05) is 42.0 Å². The molecule has 1 aromatic heterocycles. The van der Waals surface area contributed by atoms with E-state index < -0.39 is 0 Å². The molecule has 3 nitrogen and oxygen atoms in total. The molecule has 3 heterocycles. The second-order valence-electron chi connectivity index (χ2n) is 5.88. The minimum atomic E-state index is 0.433. The van der Waals surface area contributed by atoms with Crippen LogP contribution in [0.4, 0.5) is 0 Å². The number of thiophene rings is 1. The van der Waals surface area contributed by atoms with Crippen molar-refractivity contribution < 1.29 is 0 Å². The van der Waals surface area contributed by atoms with E-state index in [1.807, 2.05) is 11.3 Å². The second-order valence-corrected chi connectivity index (χ2v) is 7.20. The lowest BCUT2D eigenvalue weighted by Gasteiger charge is -2.46. The van der Waals surface area contributed by atoms with Crippen LogP contribution in [0.25, 0.3) is 0 Å². The molecule has 2 aliphatic heterocycles. The number of fused-ring (bicyclic) bond motifs is 1. The summed E-state index contributed by atoms with van der Waals surface area (Å²) < 4.78 is 0. The van der Waals surface area contributed by atoms with Crippen LogP contribution in [0.15, 0.2) is 12.1 Å². The first kappa shape index (κ1) is 13.6. The van der Waals surface area contributed by atoms with Gasteiger partial charge in [0.15, 0.2) is 0 Å². The molecule has 0 bridgehead atoms. The number of aryl methyl sites for hydroxylation is 1. The van der Waals surface area contributed by atoms with Crippen LogP contribution >= 0.6 is 11.3 Å². The van der Waals surface area contributed by atoms with Crippen LogP contribution in [0.3, 0.4) is 0 Å². The van der Waals surface area contributed by atoms with E-state index in [0.717, 1.165) is 12.6 Å². The van der Waals surface area contributed by atoms with Gasteiger partial charge < -0.3 is 5.73 Å². The Morgan fingerprint density at radius 1 is 1.32 bits per heavy atom. The van der Waals surface area contributed by atoms with E-state index in [0.29, 0.717) is 6.04 Å². The normalized spacial score (nSPS) is 27.2. The number of piperidine rings is 1. The fourth-order valence-corrected chi connectivity index (χ4v) is 4.57. The molecule has 106 valence electrons. The molecule has 19 heavy (non-hydrogen) atoms. The van der Waals surface area contributed by atoms with Crippen molar-refractivity contribution in [3.8, 4) is 0 Å². The second kappa shape index (κ2) is 5.92. The average Bonchev–Trinajstić information content (AvgIpc) is 2.86. The van der Waals surface area contributed by atoms with Gasteiger partial charge in [0.1, 0.15) is 0 Å². The van der Waals surface area contributed by atoms with Gasteiger partial charge in [-0.25, -0.2) is 0 Å². The van der Waals surface area contributed by atoms with Gasteiger partial charge in [-0.05, 0) is 38.4 Å². The van der Waals surface area contributed by atoms with Crippen LogP contribution in [0, 0.1) is 6.92 Å². The molecule has 2 fully saturated rings. The highest BCUT2D eigenvalue weighted by molar-refractivity contribution is 7.12. The first-order valence-electron chi connectivity index (χ1n) is 7.52. The van der Waals surface area contributed by atoms with Gasteiger partial charge in [0.2, 0.25) is 0 Å². The first-order chi connectivity index (χ1) is 9.28. The molecule has 2 aliphatic rings. The predicted molar refractivity (Wildman–Crippen MR) is 81.6 cm³/mol. The Hall–Kier alpha value is -0.420. The maximum absolute atomic E-state index is 6.06. The van der Waals surface area contributed by atoms with Crippen LogP contribution in [0.2, 0.25) is 0 Å². The Balaban J connectivity index is 1.70. The first-order valence-corrected chi connectivity index (χ1v) is 8.34. The summed E-state index contributed by atoms with van der Waals surface area (Å²) in [7, 11) is 0. The van der Waals surface area contributed by atoms with Crippen LogP contribution < -0.4 is 5.73 Å². The third-order valence-electron chi connectivity index (χ3n) is 4.62. The van der Waals surface area contributed by atoms with E-state index in [1.165, 1.54) is 55.2 Å². The Labute approximate surface area is 120 Å². The zero-order valence-electron chi connectivity index (χ0n) is 11.8. The van der Waals surface area contributed by atoms with Crippen molar-refractivity contribution in [1.29, 1.82) is 0 Å². The highest BCUT2D eigenvalue weighted by Crippen LogP contribution is 2.30. The Morgan fingerprint density at radius 2 is 2.21 bits per heavy atom. The van der Waals surface area contributed by atoms with E-state index >= 15 is 0 Å². The van der Waals surface area contributed by atoms with E-state index in [-0.39, 0.29) is 0 Å². The molecule has 0 amide bonds. The van der Waals surface area contributed by atoms with Crippen LogP contribution in [0.5, 0.6) is 0 Å². The van der Waals surface area contributed by atoms with Crippen molar-refractivity contribution in [3.63, 3.8) is 0 Å². The van der Waals surface area contributed by atoms with Crippen molar-refractivity contribution >= 4 is 11.3 Å². The third kappa shape index (κ3) is 2.87. The minimum Gasteiger partial charge on any atom is -0.329 e. The molecule has 4 heteroatoms. The quantitative estimate of drug-likeness (QED) is 0.921. The van der Waals surface area contributed by atoms with E-state index in [1.54, 1.807) is 0 Å². The topological polar surface area (TPSA) is 32.5 Å². The highest BCUT2D eigenvalue weighted by atomic mass is 32.1. The predicted octanol–water partition coefficient (Wildman–Crippen LogP) is 2.23. The van der Waals surface area contributed by atoms with Crippen molar-refractivity contribution in [3.05, 3.63) is 21.9 Å². The number of hydrogen-bond acceptors (Lipinski definition) is 4. The van der Waals surface area contributed by atoms with Crippen molar-refractivity contribution in [1.82, 2.24) is 9.80 Å². The number of piperazine rings is 1. The molecule has 0 saturated carbocycles. The van der Waals surface area contributed by atoms with Gasteiger partial charge in [-0.3, -0.25) is 9.80 Å². The summed E-state index contributed by atoms with van der Waals surface area (Å²) in [4.78, 5) is 8.15. The zero-order chi connectivity index (χ0) is 13.2. The standard InChI is InChI=1S/C15H25N3S/c1-12-5-6-15(19-12)14(10-16)18-9-8-17-7-3-2-4-13(17)11-18/h5-6,13-14H,2-4,7-11,16H2,1H3. The van der Waals surface area contributed by atoms with Crippen molar-refractivity contribution in [2.75, 3.05) is 32.7 Å². The Morgan fingerprint density at radius 3 is 2.95 bits per heavy atom. The van der Waals surface area contributed by atoms with Crippen molar-refractivity contribution in [2.24, 2.45) is 5.73 Å². The molecule has 2 unspecified atom stereocenters. The largest absolute Gasteiger partial charge is 0.329 e. The average molecular weight is 279 g/mol. The van der Waals surface area contributed by atoms with E-state index in [4.69, 9.17) is 5.73 Å². The van der Waals surface area contributed by atoms with Crippen LogP contribution in [-0.2, 0) is 0 Å². The molecule has 0 radical (unpaired) electrons. The number of nitrogens with zero attached hydrogens (tertiary/aromatic N) is 2. The highest BCUT2D eigenvalue weighted by Gasteiger charge is 2.32. The van der Waals surface area contributed by atoms with Gasteiger partial charge in [-0.1, -0.05) is 6.42 Å². The van der Waals surface area contributed by atoms with Gasteiger partial charge in [-0.15, -0.1) is 11.3 Å². The monoisotopic (exact) mass is 279 g/mol. The molecule has 2 atom stereocenters. The minimum absolute atomic E-state index is 0.433. The molecule has 0 aliphatic carbocycles. The summed E-state index contributed by atoms with van der Waals surface area (Å²) >= 11 is 1.91.